The third-order valence-electron chi connectivity index (χ3n) is 3.33. The fourth-order valence-corrected chi connectivity index (χ4v) is 1.90. The average Bonchev–Trinajstić information content (AvgIpc) is 3.24. The molecule has 0 spiro atoms. The Morgan fingerprint density at radius 2 is 1.95 bits per heavy atom. The Kier molecular flexibility index (Phi) is 4.52. The van der Waals surface area contributed by atoms with Crippen LogP contribution in [-0.2, 0) is 11.2 Å². The Morgan fingerprint density at radius 1 is 1.24 bits per heavy atom. The fourth-order valence-electron chi connectivity index (χ4n) is 1.90. The van der Waals surface area contributed by atoms with Crippen LogP contribution in [0.4, 0.5) is 4.79 Å². The van der Waals surface area contributed by atoms with E-state index in [0.29, 0.717) is 18.0 Å². The minimum atomic E-state index is -1.16. The molecule has 1 aromatic rings. The molecule has 7 nitrogen and oxygen atoms in total. The van der Waals surface area contributed by atoms with Crippen LogP contribution in [0.3, 0.4) is 0 Å². The second-order valence-corrected chi connectivity index (χ2v) is 5.22. The van der Waals surface area contributed by atoms with E-state index < -0.39 is 18.0 Å². The molecule has 2 rings (SSSR count). The number of hydrogen-bond acceptors (Lipinski definition) is 4. The molecule has 21 heavy (non-hydrogen) atoms. The monoisotopic (exact) mass is 294 g/mol. The van der Waals surface area contributed by atoms with Crippen LogP contribution in [0.1, 0.15) is 18.4 Å². The third-order valence-corrected chi connectivity index (χ3v) is 3.33. The Labute approximate surface area is 121 Å². The highest BCUT2D eigenvalue weighted by molar-refractivity contribution is 5.82. The molecule has 7 heteroatoms. The number of carboxylic acid groups (broad SMARTS) is 1. The number of benzene rings is 1. The number of nitrogens with one attached hydrogen (secondary N) is 2. The van der Waals surface area contributed by atoms with E-state index >= 15 is 0 Å². The number of carbonyl (C=O) groups excluding carboxylic acids is 1. The van der Waals surface area contributed by atoms with Crippen LogP contribution in [0.5, 0.6) is 11.5 Å². The van der Waals surface area contributed by atoms with Crippen LogP contribution in [0.2, 0.25) is 0 Å². The van der Waals surface area contributed by atoms with E-state index in [1.54, 1.807) is 0 Å². The van der Waals surface area contributed by atoms with Crippen LogP contribution < -0.4 is 10.6 Å². The normalized spacial score (nSPS) is 15.2. The van der Waals surface area contributed by atoms with Crippen molar-refractivity contribution in [3.05, 3.63) is 23.8 Å². The number of amides is 2. The molecule has 0 aromatic heterocycles. The van der Waals surface area contributed by atoms with E-state index in [1.807, 2.05) is 0 Å². The topological polar surface area (TPSA) is 119 Å². The molecule has 0 saturated heterocycles. The Balaban J connectivity index is 1.92. The lowest BCUT2D eigenvalue weighted by Crippen LogP contribution is -2.47. The molecular weight excluding hydrogens is 276 g/mol. The van der Waals surface area contributed by atoms with Crippen LogP contribution in [0, 0.1) is 5.92 Å². The summed E-state index contributed by atoms with van der Waals surface area (Å²) in [7, 11) is 0. The van der Waals surface area contributed by atoms with Crippen molar-refractivity contribution in [3.8, 4) is 11.5 Å². The number of carbonyl (C=O) groups is 2. The van der Waals surface area contributed by atoms with Crippen LogP contribution in [0.15, 0.2) is 18.2 Å². The first kappa shape index (κ1) is 15.0. The molecule has 1 saturated carbocycles. The molecule has 0 heterocycles. The van der Waals surface area contributed by atoms with Gasteiger partial charge in [-0.15, -0.1) is 0 Å². The fraction of sp³-hybridized carbons (Fsp3) is 0.429. The average molecular weight is 294 g/mol. The van der Waals surface area contributed by atoms with Gasteiger partial charge in [-0.3, -0.25) is 0 Å². The molecule has 1 atom stereocenters. The third kappa shape index (κ3) is 4.55. The molecule has 1 aliphatic carbocycles. The molecule has 1 aromatic carbocycles. The van der Waals surface area contributed by atoms with Crippen molar-refractivity contribution in [2.45, 2.75) is 25.3 Å². The second-order valence-electron chi connectivity index (χ2n) is 5.22. The largest absolute Gasteiger partial charge is 0.504 e. The lowest BCUT2D eigenvalue weighted by molar-refractivity contribution is -0.139. The zero-order valence-corrected chi connectivity index (χ0v) is 11.4. The zero-order chi connectivity index (χ0) is 15.4. The summed E-state index contributed by atoms with van der Waals surface area (Å²) < 4.78 is 0. The van der Waals surface area contributed by atoms with Gasteiger partial charge in [0.05, 0.1) is 0 Å². The summed E-state index contributed by atoms with van der Waals surface area (Å²) in [5, 5.41) is 32.8. The van der Waals surface area contributed by atoms with Crippen molar-refractivity contribution in [2.75, 3.05) is 6.54 Å². The summed E-state index contributed by atoms with van der Waals surface area (Å²) in [6, 6.07) is 2.42. The molecule has 5 N–H and O–H groups in total. The maximum Gasteiger partial charge on any atom is 0.326 e. The predicted molar refractivity (Wildman–Crippen MR) is 74.2 cm³/mol. The lowest BCUT2D eigenvalue weighted by Gasteiger charge is -2.15. The number of carboxylic acids is 1. The first-order chi connectivity index (χ1) is 9.95. The summed E-state index contributed by atoms with van der Waals surface area (Å²) in [5.74, 6) is -1.26. The number of phenols is 2. The van der Waals surface area contributed by atoms with Gasteiger partial charge in [-0.05, 0) is 36.5 Å². The highest BCUT2D eigenvalue weighted by Gasteiger charge is 2.24. The first-order valence-corrected chi connectivity index (χ1v) is 6.73. The molecule has 0 aliphatic heterocycles. The smallest absolute Gasteiger partial charge is 0.326 e. The van der Waals surface area contributed by atoms with E-state index in [2.05, 4.69) is 10.6 Å². The van der Waals surface area contributed by atoms with Crippen molar-refractivity contribution in [3.63, 3.8) is 0 Å². The molecule has 114 valence electrons. The zero-order valence-electron chi connectivity index (χ0n) is 11.4. The van der Waals surface area contributed by atoms with Crippen molar-refractivity contribution < 1.29 is 24.9 Å². The molecule has 1 aliphatic rings. The summed E-state index contributed by atoms with van der Waals surface area (Å²) in [5.41, 5.74) is 0.500. The van der Waals surface area contributed by atoms with Gasteiger partial charge in [0.25, 0.3) is 0 Å². The number of hydrogen-bond donors (Lipinski definition) is 5. The summed E-state index contributed by atoms with van der Waals surface area (Å²) in [6.45, 7) is 0.554. The number of urea groups is 1. The summed E-state index contributed by atoms with van der Waals surface area (Å²) in [4.78, 5) is 22.8. The van der Waals surface area contributed by atoms with Gasteiger partial charge >= 0.3 is 12.0 Å². The minimum absolute atomic E-state index is 0.0139. The molecule has 0 unspecified atom stereocenters. The van der Waals surface area contributed by atoms with Gasteiger partial charge in [0.2, 0.25) is 0 Å². The molecule has 1 fully saturated rings. The number of phenolic OH excluding ortho intramolecular Hbond substituents is 2. The van der Waals surface area contributed by atoms with Gasteiger partial charge in [0, 0.05) is 13.0 Å². The number of rotatable bonds is 6. The van der Waals surface area contributed by atoms with Gasteiger partial charge < -0.3 is 26.0 Å². The lowest BCUT2D eigenvalue weighted by atomic mass is 10.1. The minimum Gasteiger partial charge on any atom is -0.504 e. The Hall–Kier alpha value is -2.44. The standard InChI is InChI=1S/C14H18N2O5/c17-11-4-3-9(6-12(11)18)5-10(13(19)20)16-14(21)15-7-8-1-2-8/h3-4,6,8,10,17-18H,1-2,5,7H2,(H,19,20)(H2,15,16,21)/t10-/m0/s1. The maximum absolute atomic E-state index is 11.6. The Morgan fingerprint density at radius 3 is 2.52 bits per heavy atom. The van der Waals surface area contributed by atoms with Crippen molar-refractivity contribution >= 4 is 12.0 Å². The number of aliphatic carboxylic acids is 1. The maximum atomic E-state index is 11.6. The van der Waals surface area contributed by atoms with Crippen LogP contribution >= 0.6 is 0 Å². The molecule has 2 amide bonds. The Bertz CT molecular complexity index is 542. The van der Waals surface area contributed by atoms with Gasteiger partial charge in [-0.25, -0.2) is 9.59 Å². The molecule has 0 bridgehead atoms. The first-order valence-electron chi connectivity index (χ1n) is 6.73. The van der Waals surface area contributed by atoms with Crippen LogP contribution in [-0.4, -0.2) is 39.9 Å². The quantitative estimate of drug-likeness (QED) is 0.497. The molecule has 0 radical (unpaired) electrons. The van der Waals surface area contributed by atoms with Crippen molar-refractivity contribution in [1.82, 2.24) is 10.6 Å². The van der Waals surface area contributed by atoms with Gasteiger partial charge in [-0.2, -0.15) is 0 Å². The van der Waals surface area contributed by atoms with E-state index in [-0.39, 0.29) is 17.9 Å². The summed E-state index contributed by atoms with van der Waals surface area (Å²) >= 11 is 0. The van der Waals surface area contributed by atoms with Crippen LogP contribution in [0.25, 0.3) is 0 Å². The van der Waals surface area contributed by atoms with Crippen molar-refractivity contribution in [2.24, 2.45) is 5.92 Å². The van der Waals surface area contributed by atoms with Gasteiger partial charge in [-0.1, -0.05) is 6.07 Å². The highest BCUT2D eigenvalue weighted by Crippen LogP contribution is 2.27. The van der Waals surface area contributed by atoms with E-state index in [4.69, 9.17) is 5.11 Å². The highest BCUT2D eigenvalue weighted by atomic mass is 16.4. The van der Waals surface area contributed by atoms with Gasteiger partial charge in [0.15, 0.2) is 11.5 Å². The second kappa shape index (κ2) is 6.34. The van der Waals surface area contributed by atoms with E-state index in [1.165, 1.54) is 18.2 Å². The van der Waals surface area contributed by atoms with Gasteiger partial charge in [0.1, 0.15) is 6.04 Å². The SMILES string of the molecule is O=C(NCC1CC1)N[C@@H](Cc1ccc(O)c(O)c1)C(=O)O. The van der Waals surface area contributed by atoms with E-state index in [9.17, 15) is 19.8 Å². The summed E-state index contributed by atoms with van der Waals surface area (Å²) in [6.07, 6.45) is 2.20. The van der Waals surface area contributed by atoms with E-state index in [0.717, 1.165) is 12.8 Å². The van der Waals surface area contributed by atoms with Crippen molar-refractivity contribution in [1.29, 1.82) is 0 Å². The molecular formula is C14H18N2O5. The predicted octanol–water partition coefficient (Wildman–Crippen LogP) is 0.803. The number of aromatic hydroxyl groups is 2.